The summed E-state index contributed by atoms with van der Waals surface area (Å²) in [5.74, 6) is 1.32. The van der Waals surface area contributed by atoms with Gasteiger partial charge in [0.2, 0.25) is 0 Å². The van der Waals surface area contributed by atoms with E-state index in [1.807, 2.05) is 0 Å². The molecule has 0 aromatic carbocycles. The smallest absolute Gasteiger partial charge is 0.336 e. The second-order valence-electron chi connectivity index (χ2n) is 5.84. The Morgan fingerprint density at radius 2 is 2.00 bits per heavy atom. The van der Waals surface area contributed by atoms with E-state index in [1.54, 1.807) is 0 Å². The molecule has 1 aromatic heterocycles. The van der Waals surface area contributed by atoms with Crippen LogP contribution >= 0.6 is 0 Å². The van der Waals surface area contributed by atoms with Gasteiger partial charge in [-0.15, -0.1) is 0 Å². The lowest BCUT2D eigenvalue weighted by molar-refractivity contribution is 0.229. The van der Waals surface area contributed by atoms with Crippen LogP contribution in [-0.2, 0) is 0 Å². The van der Waals surface area contributed by atoms with Gasteiger partial charge < -0.3 is 5.32 Å². The van der Waals surface area contributed by atoms with Crippen LogP contribution in [-0.4, -0.2) is 22.1 Å². The lowest BCUT2D eigenvalue weighted by Crippen LogP contribution is -2.41. The number of amides is 1. The molecule has 2 rings (SSSR count). The average molecular weight is 297 g/mol. The minimum Gasteiger partial charge on any atom is -0.337 e. The fourth-order valence-corrected chi connectivity index (χ4v) is 3.03. The number of carbonyl (C=O) groups excluding carboxylic acids is 1. The van der Waals surface area contributed by atoms with E-state index in [-0.39, 0.29) is 2.85 Å². The number of hydrogen-bond donors (Lipinski definition) is 2. The molecule has 1 amide bonds. The number of aromatic amines is 1. The molecule has 2 N–H and O–H groups in total. The Labute approximate surface area is 126 Å². The van der Waals surface area contributed by atoms with E-state index in [0.29, 0.717) is 12.5 Å². The molecule has 0 radical (unpaired) electrons. The molecule has 1 saturated carbocycles. The van der Waals surface area contributed by atoms with Crippen molar-refractivity contribution < 1.29 is 7.65 Å². The van der Waals surface area contributed by atoms with Crippen LogP contribution in [0.4, 0.5) is 4.79 Å². The van der Waals surface area contributed by atoms with Crippen molar-refractivity contribution in [1.82, 2.24) is 14.9 Å². The maximum atomic E-state index is 11.9. The van der Waals surface area contributed by atoms with E-state index in [0.717, 1.165) is 29.4 Å². The van der Waals surface area contributed by atoms with Crippen LogP contribution in [0.25, 0.3) is 0 Å². The third kappa shape index (κ3) is 4.31. The Hall–Kier alpha value is -1.85. The van der Waals surface area contributed by atoms with E-state index < -0.39 is 17.3 Å². The number of nitrogens with zero attached hydrogens (tertiary/aromatic N) is 1. The maximum Gasteiger partial charge on any atom is 0.336 e. The van der Waals surface area contributed by atoms with E-state index in [1.165, 1.54) is 31.9 Å². The number of carbonyl (C=O) groups is 1. The van der Waals surface area contributed by atoms with E-state index in [4.69, 9.17) is 0 Å². The molecule has 1 fully saturated rings. The maximum absolute atomic E-state index is 11.9. The van der Waals surface area contributed by atoms with Crippen LogP contribution in [0.2, 0.25) is 0 Å². The number of H-pyrrole nitrogens is 1. The van der Waals surface area contributed by atoms with E-state index in [9.17, 15) is 14.4 Å². The molecule has 0 atom stereocenters. The minimum absolute atomic E-state index is 0. The van der Waals surface area contributed by atoms with Gasteiger partial charge in [-0.2, -0.15) is 0 Å². The highest BCUT2D eigenvalue weighted by Gasteiger charge is 2.21. The Morgan fingerprint density at radius 1 is 1.33 bits per heavy atom. The van der Waals surface area contributed by atoms with Crippen molar-refractivity contribution in [3.63, 3.8) is 0 Å². The summed E-state index contributed by atoms with van der Waals surface area (Å²) < 4.78 is 0.893. The molecule has 6 nitrogen and oxygen atoms in total. The molecule has 1 aliphatic rings. The standard InChI is InChI=1S/C15H23N3O3.2H2/c1-2-3-11-4-6-12(7-5-11)10-16-14(20)18-9-8-13(19)17-15(18)21;;/h8-9,11-12H,2-7,10H2,1H3,(H,16,20)(H,17,19,21);2*1H. The predicted molar refractivity (Wildman–Crippen MR) is 84.7 cm³/mol. The van der Waals surface area contributed by atoms with Crippen LogP contribution in [0.15, 0.2) is 21.9 Å². The first kappa shape index (κ1) is 15.5. The van der Waals surface area contributed by atoms with Crippen molar-refractivity contribution in [3.05, 3.63) is 33.1 Å². The zero-order chi connectivity index (χ0) is 15.2. The van der Waals surface area contributed by atoms with Gasteiger partial charge in [0.25, 0.3) is 5.56 Å². The van der Waals surface area contributed by atoms with Gasteiger partial charge in [-0.05, 0) is 24.7 Å². The lowest BCUT2D eigenvalue weighted by Gasteiger charge is -2.28. The van der Waals surface area contributed by atoms with Crippen LogP contribution in [0.3, 0.4) is 0 Å². The first-order valence-electron chi connectivity index (χ1n) is 7.70. The molecule has 6 heteroatoms. The molecule has 0 unspecified atom stereocenters. The summed E-state index contributed by atoms with van der Waals surface area (Å²) in [5.41, 5.74) is -1.20. The quantitative estimate of drug-likeness (QED) is 0.893. The van der Waals surface area contributed by atoms with E-state index in [2.05, 4.69) is 17.2 Å². The van der Waals surface area contributed by atoms with Crippen molar-refractivity contribution in [2.45, 2.75) is 45.4 Å². The molecule has 1 aliphatic carbocycles. The highest BCUT2D eigenvalue weighted by Crippen LogP contribution is 2.30. The highest BCUT2D eigenvalue weighted by molar-refractivity contribution is 5.76. The van der Waals surface area contributed by atoms with Gasteiger partial charge in [-0.3, -0.25) is 9.78 Å². The summed E-state index contributed by atoms with van der Waals surface area (Å²) >= 11 is 0. The fraction of sp³-hybridized carbons (Fsp3) is 0.667. The van der Waals surface area contributed by atoms with Gasteiger partial charge >= 0.3 is 11.7 Å². The van der Waals surface area contributed by atoms with Crippen LogP contribution in [0, 0.1) is 11.8 Å². The number of hydrogen-bond acceptors (Lipinski definition) is 3. The molecule has 1 aromatic rings. The van der Waals surface area contributed by atoms with Gasteiger partial charge in [0.05, 0.1) is 0 Å². The Bertz CT molecular complexity index is 592. The Kier molecular flexibility index (Phi) is 5.36. The van der Waals surface area contributed by atoms with Crippen molar-refractivity contribution in [2.24, 2.45) is 11.8 Å². The number of rotatable bonds is 4. The van der Waals surface area contributed by atoms with Gasteiger partial charge in [0.1, 0.15) is 0 Å². The third-order valence-corrected chi connectivity index (χ3v) is 4.25. The number of nitrogens with one attached hydrogen (secondary N) is 2. The zero-order valence-corrected chi connectivity index (χ0v) is 12.4. The topological polar surface area (TPSA) is 84.0 Å². The summed E-state index contributed by atoms with van der Waals surface area (Å²) in [5, 5.41) is 2.78. The largest absolute Gasteiger partial charge is 0.337 e. The third-order valence-electron chi connectivity index (χ3n) is 4.25. The molecule has 0 spiro atoms. The highest BCUT2D eigenvalue weighted by atomic mass is 16.2. The van der Waals surface area contributed by atoms with Crippen molar-refractivity contribution in [2.75, 3.05) is 6.54 Å². The lowest BCUT2D eigenvalue weighted by atomic mass is 9.80. The molecule has 0 aliphatic heterocycles. The van der Waals surface area contributed by atoms with Crippen LogP contribution in [0.1, 0.15) is 48.3 Å². The summed E-state index contributed by atoms with van der Waals surface area (Å²) in [6, 6.07) is 0.684. The van der Waals surface area contributed by atoms with Crippen LogP contribution < -0.4 is 16.6 Å². The summed E-state index contributed by atoms with van der Waals surface area (Å²) in [6.07, 6.45) is 8.46. The van der Waals surface area contributed by atoms with Gasteiger partial charge in [0, 0.05) is 21.7 Å². The second-order valence-corrected chi connectivity index (χ2v) is 5.84. The van der Waals surface area contributed by atoms with Gasteiger partial charge in [-0.25, -0.2) is 14.2 Å². The molecule has 1 heterocycles. The average Bonchev–Trinajstić information content (AvgIpc) is 2.46. The van der Waals surface area contributed by atoms with Gasteiger partial charge in [-0.1, -0.05) is 32.6 Å². The van der Waals surface area contributed by atoms with E-state index >= 15 is 0 Å². The number of aromatic nitrogens is 2. The fourth-order valence-electron chi connectivity index (χ4n) is 3.03. The predicted octanol–water partition coefficient (Wildman–Crippen LogP) is 2.19. The first-order valence-corrected chi connectivity index (χ1v) is 7.70. The molecule has 0 bridgehead atoms. The Balaban J connectivity index is 0.00000242. The molecule has 120 valence electrons. The monoisotopic (exact) mass is 297 g/mol. The first-order chi connectivity index (χ1) is 10.1. The van der Waals surface area contributed by atoms with Crippen molar-refractivity contribution >= 4 is 6.03 Å². The van der Waals surface area contributed by atoms with Gasteiger partial charge in [0.15, 0.2) is 0 Å². The molecular formula is C15H27N3O3. The molecule has 21 heavy (non-hydrogen) atoms. The molecular weight excluding hydrogens is 270 g/mol. The van der Waals surface area contributed by atoms with Crippen molar-refractivity contribution in [1.29, 1.82) is 0 Å². The Morgan fingerprint density at radius 3 is 2.62 bits per heavy atom. The normalized spacial score (nSPS) is 22.0. The van der Waals surface area contributed by atoms with Crippen LogP contribution in [0.5, 0.6) is 0 Å². The summed E-state index contributed by atoms with van der Waals surface area (Å²) in [4.78, 5) is 36.4. The second kappa shape index (κ2) is 7.24. The summed E-state index contributed by atoms with van der Waals surface area (Å²) in [6.45, 7) is 2.80. The minimum atomic E-state index is -0.702. The molecule has 0 saturated heterocycles. The SMILES string of the molecule is CCCC1CCC(CNC(=O)n2ccc(=O)[nH]c2=O)CC1.[HH].[HH]. The zero-order valence-electron chi connectivity index (χ0n) is 12.4. The summed E-state index contributed by atoms with van der Waals surface area (Å²) in [7, 11) is 0. The van der Waals surface area contributed by atoms with Crippen molar-refractivity contribution in [3.8, 4) is 0 Å².